The van der Waals surface area contributed by atoms with Crippen LogP contribution in [0.3, 0.4) is 0 Å². The first-order valence-corrected chi connectivity index (χ1v) is 8.46. The Morgan fingerprint density at radius 3 is 2.64 bits per heavy atom. The van der Waals surface area contributed by atoms with Crippen molar-refractivity contribution in [2.24, 2.45) is 0 Å². The molecule has 0 aliphatic rings. The topological polar surface area (TPSA) is 44.1 Å². The summed E-state index contributed by atoms with van der Waals surface area (Å²) in [5, 5.41) is 1.98. The summed E-state index contributed by atoms with van der Waals surface area (Å²) in [6.07, 6.45) is 0. The van der Waals surface area contributed by atoms with Crippen molar-refractivity contribution in [1.82, 2.24) is 9.55 Å². The lowest BCUT2D eigenvalue weighted by Crippen LogP contribution is -2.01. The van der Waals surface area contributed by atoms with Crippen molar-refractivity contribution < 1.29 is 13.9 Å². The molecule has 0 unspecified atom stereocenters. The van der Waals surface area contributed by atoms with Crippen molar-refractivity contribution in [1.29, 1.82) is 0 Å². The van der Waals surface area contributed by atoms with Crippen LogP contribution in [0.15, 0.2) is 60.0 Å². The monoisotopic (exact) mass is 352 g/mol. The molecule has 0 aliphatic carbocycles. The third-order valence-electron chi connectivity index (χ3n) is 3.90. The van der Waals surface area contributed by atoms with Gasteiger partial charge in [-0.1, -0.05) is 6.07 Å². The first kappa shape index (κ1) is 15.5. The summed E-state index contributed by atoms with van der Waals surface area (Å²) in [4.78, 5) is 17.5. The number of hydrogen-bond donors (Lipinski definition) is 0. The molecule has 0 spiro atoms. The van der Waals surface area contributed by atoms with Crippen LogP contribution in [0.2, 0.25) is 0 Å². The molecule has 25 heavy (non-hydrogen) atoms. The predicted octanol–water partition coefficient (Wildman–Crippen LogP) is 4.68. The van der Waals surface area contributed by atoms with Gasteiger partial charge in [-0.15, -0.1) is 11.3 Å². The Balaban J connectivity index is 1.99. The van der Waals surface area contributed by atoms with Crippen LogP contribution < -0.4 is 0 Å². The molecule has 0 saturated heterocycles. The Hall–Kier alpha value is -2.99. The number of esters is 1. The number of nitrogens with zero attached hydrogens (tertiary/aromatic N) is 2. The largest absolute Gasteiger partial charge is 0.465 e. The minimum Gasteiger partial charge on any atom is -0.465 e. The third kappa shape index (κ3) is 2.70. The van der Waals surface area contributed by atoms with Crippen LogP contribution in [-0.4, -0.2) is 22.6 Å². The summed E-state index contributed by atoms with van der Waals surface area (Å²) in [5.41, 5.74) is 2.76. The molecule has 0 atom stereocenters. The molecule has 2 heterocycles. The normalized spacial score (nSPS) is 11.0. The average Bonchev–Trinajstić information content (AvgIpc) is 3.28. The van der Waals surface area contributed by atoms with Gasteiger partial charge in [-0.3, -0.25) is 4.57 Å². The molecule has 6 heteroatoms. The smallest absolute Gasteiger partial charge is 0.337 e. The summed E-state index contributed by atoms with van der Waals surface area (Å²) in [6.45, 7) is 0. The summed E-state index contributed by atoms with van der Waals surface area (Å²) in [6, 6.07) is 15.4. The highest BCUT2D eigenvalue weighted by Gasteiger charge is 2.17. The minimum absolute atomic E-state index is 0.293. The van der Waals surface area contributed by atoms with Crippen LogP contribution in [0.1, 0.15) is 10.4 Å². The zero-order chi connectivity index (χ0) is 17.4. The number of carbonyl (C=O) groups excluding carboxylic acids is 1. The molecule has 124 valence electrons. The van der Waals surface area contributed by atoms with E-state index in [0.29, 0.717) is 11.1 Å². The Kier molecular flexibility index (Phi) is 3.82. The van der Waals surface area contributed by atoms with Crippen LogP contribution in [0, 0.1) is 5.82 Å². The summed E-state index contributed by atoms with van der Waals surface area (Å²) in [5.74, 6) is 0.0494. The second-order valence-corrected chi connectivity index (χ2v) is 6.37. The Labute approximate surface area is 147 Å². The molecule has 0 amide bonds. The molecule has 2 aromatic carbocycles. The van der Waals surface area contributed by atoms with E-state index in [9.17, 15) is 9.18 Å². The maximum atomic E-state index is 13.3. The van der Waals surface area contributed by atoms with E-state index in [1.807, 2.05) is 28.1 Å². The number of benzene rings is 2. The molecule has 0 fully saturated rings. The van der Waals surface area contributed by atoms with Crippen LogP contribution in [0.5, 0.6) is 0 Å². The lowest BCUT2D eigenvalue weighted by Gasteiger charge is -2.08. The van der Waals surface area contributed by atoms with Gasteiger partial charge >= 0.3 is 5.97 Å². The zero-order valence-corrected chi connectivity index (χ0v) is 14.1. The van der Waals surface area contributed by atoms with Crippen molar-refractivity contribution in [2.45, 2.75) is 0 Å². The summed E-state index contributed by atoms with van der Waals surface area (Å²) in [7, 11) is 1.35. The molecular formula is C19H13FN2O2S. The first-order valence-electron chi connectivity index (χ1n) is 7.58. The standard InChI is InChI=1S/C19H13FN2O2S/c1-24-19(23)12-4-9-16-15(11-12)21-18(17-3-2-10-25-17)22(16)14-7-5-13(20)6-8-14/h2-11H,1H3. The van der Waals surface area contributed by atoms with E-state index in [2.05, 4.69) is 0 Å². The van der Waals surface area contributed by atoms with E-state index in [4.69, 9.17) is 9.72 Å². The average molecular weight is 352 g/mol. The van der Waals surface area contributed by atoms with Gasteiger partial charge in [0, 0.05) is 5.69 Å². The van der Waals surface area contributed by atoms with Crippen molar-refractivity contribution in [2.75, 3.05) is 7.11 Å². The Morgan fingerprint density at radius 2 is 1.96 bits per heavy atom. The van der Waals surface area contributed by atoms with E-state index in [0.717, 1.165) is 21.9 Å². The van der Waals surface area contributed by atoms with Gasteiger partial charge in [-0.2, -0.15) is 0 Å². The quantitative estimate of drug-likeness (QED) is 0.503. The molecule has 0 bridgehead atoms. The van der Waals surface area contributed by atoms with Crippen molar-refractivity contribution in [3.8, 4) is 16.4 Å². The highest BCUT2D eigenvalue weighted by atomic mass is 32.1. The van der Waals surface area contributed by atoms with Crippen LogP contribution >= 0.6 is 11.3 Å². The number of fused-ring (bicyclic) bond motifs is 1. The van der Waals surface area contributed by atoms with Crippen molar-refractivity contribution >= 4 is 28.3 Å². The second-order valence-electron chi connectivity index (χ2n) is 5.42. The Bertz CT molecular complexity index is 1050. The second kappa shape index (κ2) is 6.14. The lowest BCUT2D eigenvalue weighted by molar-refractivity contribution is 0.0601. The van der Waals surface area contributed by atoms with E-state index in [1.54, 1.807) is 35.6 Å². The zero-order valence-electron chi connectivity index (χ0n) is 13.3. The fourth-order valence-electron chi connectivity index (χ4n) is 2.75. The maximum absolute atomic E-state index is 13.3. The number of rotatable bonds is 3. The van der Waals surface area contributed by atoms with Crippen molar-refractivity contribution in [3.63, 3.8) is 0 Å². The Morgan fingerprint density at radius 1 is 1.16 bits per heavy atom. The number of methoxy groups -OCH3 is 1. The van der Waals surface area contributed by atoms with Gasteiger partial charge in [0.25, 0.3) is 0 Å². The fraction of sp³-hybridized carbons (Fsp3) is 0.0526. The van der Waals surface area contributed by atoms with Gasteiger partial charge in [0.05, 0.1) is 28.6 Å². The SMILES string of the molecule is COC(=O)c1ccc2c(c1)nc(-c1cccs1)n2-c1ccc(F)cc1. The number of halogens is 1. The molecular weight excluding hydrogens is 339 g/mol. The molecule has 4 rings (SSSR count). The van der Waals surface area contributed by atoms with E-state index in [1.165, 1.54) is 19.2 Å². The number of imidazole rings is 1. The number of aromatic nitrogens is 2. The van der Waals surface area contributed by atoms with Crippen LogP contribution in [0.4, 0.5) is 4.39 Å². The van der Waals surface area contributed by atoms with Gasteiger partial charge in [0.1, 0.15) is 5.82 Å². The first-order chi connectivity index (χ1) is 12.2. The van der Waals surface area contributed by atoms with E-state index in [-0.39, 0.29) is 5.82 Å². The summed E-state index contributed by atoms with van der Waals surface area (Å²) >= 11 is 1.57. The van der Waals surface area contributed by atoms with Gasteiger partial charge in [-0.25, -0.2) is 14.2 Å². The van der Waals surface area contributed by atoms with Gasteiger partial charge < -0.3 is 4.74 Å². The third-order valence-corrected chi connectivity index (χ3v) is 4.77. The minimum atomic E-state index is -0.407. The number of hydrogen-bond acceptors (Lipinski definition) is 4. The predicted molar refractivity (Wildman–Crippen MR) is 95.7 cm³/mol. The number of thiophene rings is 1. The molecule has 0 radical (unpaired) electrons. The molecule has 4 nitrogen and oxygen atoms in total. The van der Waals surface area contributed by atoms with Gasteiger partial charge in [0.15, 0.2) is 5.82 Å². The molecule has 4 aromatic rings. The van der Waals surface area contributed by atoms with Gasteiger partial charge in [0.2, 0.25) is 0 Å². The number of carbonyl (C=O) groups is 1. The lowest BCUT2D eigenvalue weighted by atomic mass is 10.2. The fourth-order valence-corrected chi connectivity index (χ4v) is 3.45. The van der Waals surface area contributed by atoms with Gasteiger partial charge in [-0.05, 0) is 53.9 Å². The number of ether oxygens (including phenoxy) is 1. The van der Waals surface area contributed by atoms with Crippen LogP contribution in [0.25, 0.3) is 27.4 Å². The van der Waals surface area contributed by atoms with E-state index >= 15 is 0 Å². The maximum Gasteiger partial charge on any atom is 0.337 e. The molecule has 2 aromatic heterocycles. The van der Waals surface area contributed by atoms with Crippen molar-refractivity contribution in [3.05, 3.63) is 71.4 Å². The van der Waals surface area contributed by atoms with Crippen LogP contribution in [-0.2, 0) is 4.74 Å². The molecule has 0 N–H and O–H groups in total. The highest BCUT2D eigenvalue weighted by molar-refractivity contribution is 7.13. The molecule has 0 saturated carbocycles. The molecule has 0 aliphatic heterocycles. The van der Waals surface area contributed by atoms with E-state index < -0.39 is 5.97 Å². The summed E-state index contributed by atoms with van der Waals surface area (Å²) < 4.78 is 20.1. The highest BCUT2D eigenvalue weighted by Crippen LogP contribution is 2.31.